The van der Waals surface area contributed by atoms with Gasteiger partial charge in [-0.15, -0.1) is 0 Å². The lowest BCUT2D eigenvalue weighted by molar-refractivity contribution is -0.148. The van der Waals surface area contributed by atoms with E-state index in [2.05, 4.69) is 5.32 Å². The number of ketones is 2. The van der Waals surface area contributed by atoms with Crippen LogP contribution in [-0.4, -0.2) is 94.1 Å². The number of hydrogen-bond acceptors (Lipinski definition) is 10. The molecule has 42 heavy (non-hydrogen) atoms. The minimum Gasteiger partial charge on any atom is -0.510 e. The third kappa shape index (κ3) is 4.74. The summed E-state index contributed by atoms with van der Waals surface area (Å²) in [5.41, 5.74) is 2.19. The van der Waals surface area contributed by atoms with Crippen LogP contribution in [0.3, 0.4) is 0 Å². The number of amides is 2. The Labute approximate surface area is 243 Å². The predicted octanol–water partition coefficient (Wildman–Crippen LogP) is 1.11. The Morgan fingerprint density at radius 2 is 1.74 bits per heavy atom. The maximum atomic E-state index is 14.1. The Morgan fingerprint density at radius 1 is 1.12 bits per heavy atom. The number of Topliss-reactive ketones (excluding diaryl/α,β-unsaturated/α-hetero) is 2. The monoisotopic (exact) mass is 582 g/mol. The molecule has 0 fully saturated rings. The topological polar surface area (TPSA) is 194 Å². The maximum absolute atomic E-state index is 14.1. The van der Waals surface area contributed by atoms with Crippen molar-refractivity contribution in [2.45, 2.75) is 50.8 Å². The van der Waals surface area contributed by atoms with Crippen molar-refractivity contribution in [2.75, 3.05) is 33.1 Å². The molecule has 12 heteroatoms. The average Bonchev–Trinajstić information content (AvgIpc) is 2.84. The van der Waals surface area contributed by atoms with E-state index < -0.39 is 75.2 Å². The summed E-state index contributed by atoms with van der Waals surface area (Å²) in [5.74, 6) is -7.56. The molecule has 0 aliphatic heterocycles. The summed E-state index contributed by atoms with van der Waals surface area (Å²) in [6, 6.07) is 0.583. The number of rotatable bonds is 5. The molecule has 1 unspecified atom stereocenters. The number of allylic oxidation sites excluding steroid dienone is 1. The van der Waals surface area contributed by atoms with Crippen LogP contribution in [0, 0.1) is 11.8 Å². The lowest BCUT2D eigenvalue weighted by Crippen LogP contribution is -2.63. The van der Waals surface area contributed by atoms with Crippen molar-refractivity contribution >= 4 is 35.1 Å². The molecule has 4 rings (SSSR count). The first-order chi connectivity index (χ1) is 19.3. The van der Waals surface area contributed by atoms with Gasteiger partial charge in [0, 0.05) is 48.5 Å². The number of nitrogens with two attached hydrogens (primary N) is 1. The first-order valence-electron chi connectivity index (χ1n) is 13.5. The summed E-state index contributed by atoms with van der Waals surface area (Å²) in [7, 11) is 6.67. The lowest BCUT2D eigenvalue weighted by atomic mass is 9.58. The lowest BCUT2D eigenvalue weighted by Gasteiger charge is -2.50. The number of phenols is 1. The maximum Gasteiger partial charge on any atom is 0.255 e. The Morgan fingerprint density at radius 3 is 2.26 bits per heavy atom. The van der Waals surface area contributed by atoms with Crippen molar-refractivity contribution in [3.8, 4) is 5.75 Å². The first kappa shape index (κ1) is 30.8. The average molecular weight is 583 g/mol. The molecular formula is C30H38N4O8. The molecule has 4 atom stereocenters. The minimum absolute atomic E-state index is 0.00593. The third-order valence-electron chi connectivity index (χ3n) is 8.12. The van der Waals surface area contributed by atoms with Crippen LogP contribution in [0.4, 0.5) is 5.69 Å². The van der Waals surface area contributed by atoms with E-state index >= 15 is 0 Å². The van der Waals surface area contributed by atoms with Crippen LogP contribution in [0.1, 0.15) is 48.7 Å². The highest BCUT2D eigenvalue weighted by Crippen LogP contribution is 2.53. The molecule has 0 bridgehead atoms. The fourth-order valence-corrected chi connectivity index (χ4v) is 6.42. The standard InChI is InChI=1S/C30H38N4O8/c1-29(2,3)32-18(35)9-8-13-12-17(33(4)5)15-10-14-11-16-22(34(6)7)25(38)21(28(31)41)27(40)30(16,42)26(39)19(14)24(37)20(15)23(13)36/h8-9,12,14,16,22,36,38-39,42H,10-11H2,1-7H3,(H2,31,41)(H,32,35)/b9-8+/t14-,16-,22?,30-/m0/s1. The number of nitrogens with zero attached hydrogens (tertiary/aromatic N) is 2. The summed E-state index contributed by atoms with van der Waals surface area (Å²) in [6.45, 7) is 5.45. The third-order valence-corrected chi connectivity index (χ3v) is 8.12. The number of aliphatic hydroxyl groups excluding tert-OH is 2. The quantitative estimate of drug-likeness (QED) is 0.216. The number of fused-ring (bicyclic) bond motifs is 3. The van der Waals surface area contributed by atoms with Gasteiger partial charge in [0.15, 0.2) is 11.4 Å². The molecule has 3 aliphatic carbocycles. The predicted molar refractivity (Wildman–Crippen MR) is 155 cm³/mol. The highest BCUT2D eigenvalue weighted by Gasteiger charge is 2.63. The van der Waals surface area contributed by atoms with E-state index in [0.717, 1.165) is 0 Å². The van der Waals surface area contributed by atoms with Gasteiger partial charge in [-0.25, -0.2) is 0 Å². The molecule has 2 amide bonds. The molecular weight excluding hydrogens is 544 g/mol. The van der Waals surface area contributed by atoms with Gasteiger partial charge in [0.25, 0.3) is 5.91 Å². The normalized spacial score (nSPS) is 25.9. The van der Waals surface area contributed by atoms with Crippen molar-refractivity contribution in [3.05, 3.63) is 51.5 Å². The number of likely N-dealkylation sites (N-methyl/N-ethyl adjacent to an activating group) is 1. The van der Waals surface area contributed by atoms with Crippen LogP contribution in [0.15, 0.2) is 34.8 Å². The summed E-state index contributed by atoms with van der Waals surface area (Å²) in [5, 5.41) is 48.2. The van der Waals surface area contributed by atoms with Gasteiger partial charge in [0.2, 0.25) is 11.7 Å². The molecule has 0 saturated carbocycles. The van der Waals surface area contributed by atoms with Crippen LogP contribution >= 0.6 is 0 Å². The number of anilines is 1. The van der Waals surface area contributed by atoms with Gasteiger partial charge in [0.1, 0.15) is 22.8 Å². The van der Waals surface area contributed by atoms with Crippen molar-refractivity contribution in [2.24, 2.45) is 17.6 Å². The van der Waals surface area contributed by atoms with Gasteiger partial charge in [-0.1, -0.05) is 0 Å². The first-order valence-corrected chi connectivity index (χ1v) is 13.5. The zero-order valence-corrected chi connectivity index (χ0v) is 24.8. The van der Waals surface area contributed by atoms with Crippen molar-refractivity contribution < 1.29 is 39.6 Å². The Kier molecular flexibility index (Phi) is 7.54. The van der Waals surface area contributed by atoms with Crippen LogP contribution < -0.4 is 16.0 Å². The van der Waals surface area contributed by atoms with Crippen molar-refractivity contribution in [1.82, 2.24) is 10.2 Å². The number of phenolic OH excluding ortho intramolecular Hbond substituents is 1. The number of nitrogens with one attached hydrogen (secondary N) is 1. The Hall–Kier alpha value is -4.16. The summed E-state index contributed by atoms with van der Waals surface area (Å²) >= 11 is 0. The molecule has 1 aromatic rings. The van der Waals surface area contributed by atoms with Gasteiger partial charge < -0.3 is 36.4 Å². The number of hydrogen-bond donors (Lipinski definition) is 6. The largest absolute Gasteiger partial charge is 0.510 e. The van der Waals surface area contributed by atoms with Gasteiger partial charge in [-0.3, -0.25) is 24.1 Å². The number of aromatic hydroxyl groups is 1. The fourth-order valence-electron chi connectivity index (χ4n) is 6.42. The van der Waals surface area contributed by atoms with E-state index in [1.807, 2.05) is 20.8 Å². The molecule has 0 heterocycles. The Balaban J connectivity index is 1.91. The van der Waals surface area contributed by atoms with Gasteiger partial charge in [-0.05, 0) is 71.3 Å². The number of benzene rings is 1. The van der Waals surface area contributed by atoms with E-state index in [0.29, 0.717) is 11.3 Å². The van der Waals surface area contributed by atoms with E-state index in [1.165, 1.54) is 17.1 Å². The van der Waals surface area contributed by atoms with Gasteiger partial charge in [0.05, 0.1) is 11.6 Å². The van der Waals surface area contributed by atoms with E-state index in [4.69, 9.17) is 5.73 Å². The molecule has 0 spiro atoms. The second kappa shape index (κ2) is 10.3. The molecule has 7 N–H and O–H groups in total. The van der Waals surface area contributed by atoms with Crippen molar-refractivity contribution in [3.63, 3.8) is 0 Å². The second-order valence-corrected chi connectivity index (χ2v) is 12.6. The van der Waals surface area contributed by atoms with Crippen LogP contribution in [0.5, 0.6) is 5.75 Å². The molecule has 3 aliphatic rings. The molecule has 12 nitrogen and oxygen atoms in total. The number of carbonyl (C=O) groups excluding carboxylic acids is 4. The number of aliphatic hydroxyl groups is 3. The highest BCUT2D eigenvalue weighted by molar-refractivity contribution is 6.25. The summed E-state index contributed by atoms with van der Waals surface area (Å²) in [6.07, 6.45) is 2.76. The molecule has 226 valence electrons. The summed E-state index contributed by atoms with van der Waals surface area (Å²) in [4.78, 5) is 55.3. The highest BCUT2D eigenvalue weighted by atomic mass is 16.3. The van der Waals surface area contributed by atoms with E-state index in [9.17, 15) is 39.6 Å². The Bertz CT molecular complexity index is 1500. The zero-order valence-electron chi connectivity index (χ0n) is 24.8. The summed E-state index contributed by atoms with van der Waals surface area (Å²) < 4.78 is 0. The molecule has 0 aromatic heterocycles. The van der Waals surface area contributed by atoms with Gasteiger partial charge in [-0.2, -0.15) is 0 Å². The van der Waals surface area contributed by atoms with Gasteiger partial charge >= 0.3 is 0 Å². The zero-order chi connectivity index (χ0) is 31.6. The molecule has 1 aromatic carbocycles. The second-order valence-electron chi connectivity index (χ2n) is 12.6. The SMILES string of the molecule is CN(C)c1cc(/C=C/C(=O)NC(C)(C)C)c(O)c2c1C[C@H]1C[C@H]3C(N(C)C)C(O)=C(C(N)=O)C(=O)[C@@]3(O)C(O)=C1C2=O. The fraction of sp³-hybridized carbons (Fsp3) is 0.467. The van der Waals surface area contributed by atoms with Crippen LogP contribution in [0.2, 0.25) is 0 Å². The van der Waals surface area contributed by atoms with E-state index in [-0.39, 0.29) is 29.5 Å². The van der Waals surface area contributed by atoms with Crippen molar-refractivity contribution in [1.29, 1.82) is 0 Å². The van der Waals surface area contributed by atoms with Crippen LogP contribution in [-0.2, 0) is 20.8 Å². The molecule has 0 saturated heterocycles. The van der Waals surface area contributed by atoms with Crippen LogP contribution in [0.25, 0.3) is 6.08 Å². The number of carbonyl (C=O) groups is 4. The molecule has 0 radical (unpaired) electrons. The van der Waals surface area contributed by atoms with E-state index in [1.54, 1.807) is 39.2 Å². The smallest absolute Gasteiger partial charge is 0.255 e. The number of primary amides is 1. The minimum atomic E-state index is -2.72.